The van der Waals surface area contributed by atoms with Gasteiger partial charge in [0.15, 0.2) is 0 Å². The zero-order valence-electron chi connectivity index (χ0n) is 15.3. The van der Waals surface area contributed by atoms with Crippen molar-refractivity contribution in [2.75, 3.05) is 17.7 Å². The molecule has 1 amide bonds. The van der Waals surface area contributed by atoms with Gasteiger partial charge in [0.2, 0.25) is 0 Å². The van der Waals surface area contributed by atoms with Crippen LogP contribution in [0.5, 0.6) is 0 Å². The molecular formula is C21H18ClN3O3. The number of carbonyl (C=O) groups excluding carboxylic acids is 2. The minimum atomic E-state index is -0.469. The molecule has 0 saturated heterocycles. The SMILES string of the molecule is COC(=O)c1cccc(NC(=O)c2ccnc(Nc3ccc(C)c(Cl)c3)c2)c1. The average Bonchev–Trinajstić information content (AvgIpc) is 2.70. The van der Waals surface area contributed by atoms with Crippen LogP contribution in [-0.2, 0) is 4.74 Å². The quantitative estimate of drug-likeness (QED) is 0.605. The van der Waals surface area contributed by atoms with Gasteiger partial charge in [-0.2, -0.15) is 0 Å². The third-order valence-electron chi connectivity index (χ3n) is 4.01. The van der Waals surface area contributed by atoms with Crippen LogP contribution in [0, 0.1) is 6.92 Å². The van der Waals surface area contributed by atoms with Gasteiger partial charge in [0, 0.05) is 28.2 Å². The first-order valence-electron chi connectivity index (χ1n) is 8.45. The van der Waals surface area contributed by atoms with Crippen molar-refractivity contribution < 1.29 is 14.3 Å². The Morgan fingerprint density at radius 1 is 1.00 bits per heavy atom. The van der Waals surface area contributed by atoms with E-state index in [2.05, 4.69) is 15.6 Å². The molecule has 0 bridgehead atoms. The Kier molecular flexibility index (Phi) is 5.91. The van der Waals surface area contributed by atoms with Crippen molar-refractivity contribution in [2.24, 2.45) is 0 Å². The van der Waals surface area contributed by atoms with E-state index in [4.69, 9.17) is 16.3 Å². The summed E-state index contributed by atoms with van der Waals surface area (Å²) in [6.07, 6.45) is 1.54. The summed E-state index contributed by atoms with van der Waals surface area (Å²) in [6.45, 7) is 1.92. The Morgan fingerprint density at radius 2 is 1.82 bits per heavy atom. The third-order valence-corrected chi connectivity index (χ3v) is 4.42. The summed E-state index contributed by atoms with van der Waals surface area (Å²) in [6, 6.07) is 15.3. The monoisotopic (exact) mass is 395 g/mol. The van der Waals surface area contributed by atoms with Crippen molar-refractivity contribution in [3.05, 3.63) is 82.5 Å². The van der Waals surface area contributed by atoms with Gasteiger partial charge in [-0.05, 0) is 55.0 Å². The number of nitrogens with one attached hydrogen (secondary N) is 2. The largest absolute Gasteiger partial charge is 0.465 e. The number of halogens is 1. The van der Waals surface area contributed by atoms with E-state index >= 15 is 0 Å². The van der Waals surface area contributed by atoms with Gasteiger partial charge < -0.3 is 15.4 Å². The summed E-state index contributed by atoms with van der Waals surface area (Å²) in [4.78, 5) is 28.4. The number of esters is 1. The zero-order valence-corrected chi connectivity index (χ0v) is 16.1. The average molecular weight is 396 g/mol. The van der Waals surface area contributed by atoms with Crippen molar-refractivity contribution >= 4 is 40.7 Å². The molecule has 0 aliphatic heterocycles. The number of benzene rings is 2. The Labute approximate surface area is 167 Å². The number of anilines is 3. The van der Waals surface area contributed by atoms with Crippen LogP contribution in [0.15, 0.2) is 60.8 Å². The van der Waals surface area contributed by atoms with Gasteiger partial charge in [0.05, 0.1) is 12.7 Å². The highest BCUT2D eigenvalue weighted by molar-refractivity contribution is 6.31. The maximum absolute atomic E-state index is 12.6. The van der Waals surface area contributed by atoms with Gasteiger partial charge in [-0.3, -0.25) is 4.79 Å². The molecule has 3 rings (SSSR count). The van der Waals surface area contributed by atoms with Crippen LogP contribution in [0.3, 0.4) is 0 Å². The van der Waals surface area contributed by atoms with Gasteiger partial charge in [-0.25, -0.2) is 9.78 Å². The number of aryl methyl sites for hydroxylation is 1. The van der Waals surface area contributed by atoms with Crippen LogP contribution in [-0.4, -0.2) is 24.0 Å². The molecule has 28 heavy (non-hydrogen) atoms. The predicted octanol–water partition coefficient (Wildman–Crippen LogP) is 4.83. The normalized spacial score (nSPS) is 10.2. The van der Waals surface area contributed by atoms with Gasteiger partial charge in [0.1, 0.15) is 5.82 Å². The molecule has 0 spiro atoms. The van der Waals surface area contributed by atoms with Crippen LogP contribution in [0.25, 0.3) is 0 Å². The Morgan fingerprint density at radius 3 is 2.57 bits per heavy atom. The van der Waals surface area contributed by atoms with Gasteiger partial charge in [0.25, 0.3) is 5.91 Å². The molecule has 142 valence electrons. The molecule has 0 atom stereocenters. The van der Waals surface area contributed by atoms with E-state index in [9.17, 15) is 9.59 Å². The van der Waals surface area contributed by atoms with Crippen LogP contribution >= 0.6 is 11.6 Å². The number of hydrogen-bond acceptors (Lipinski definition) is 5. The highest BCUT2D eigenvalue weighted by atomic mass is 35.5. The first-order valence-corrected chi connectivity index (χ1v) is 8.83. The number of nitrogens with zero attached hydrogens (tertiary/aromatic N) is 1. The number of ether oxygens (including phenoxy) is 1. The second-order valence-electron chi connectivity index (χ2n) is 6.05. The van der Waals surface area contributed by atoms with Gasteiger partial charge >= 0.3 is 5.97 Å². The number of rotatable bonds is 5. The van der Waals surface area contributed by atoms with E-state index < -0.39 is 5.97 Å². The standard InChI is InChI=1S/C21H18ClN3O3/c1-13-6-7-17(12-18(13)22)24-19-11-14(8-9-23-19)20(26)25-16-5-3-4-15(10-16)21(27)28-2/h3-12H,1-2H3,(H,23,24)(H,25,26). The second-order valence-corrected chi connectivity index (χ2v) is 6.45. The number of aromatic nitrogens is 1. The fraction of sp³-hybridized carbons (Fsp3) is 0.0952. The van der Waals surface area contributed by atoms with Crippen LogP contribution in [0.2, 0.25) is 5.02 Å². The van der Waals surface area contributed by atoms with E-state index in [1.807, 2.05) is 19.1 Å². The molecular weight excluding hydrogens is 378 g/mol. The lowest BCUT2D eigenvalue weighted by Crippen LogP contribution is -2.13. The van der Waals surface area contributed by atoms with Crippen LogP contribution < -0.4 is 10.6 Å². The maximum Gasteiger partial charge on any atom is 0.337 e. The fourth-order valence-corrected chi connectivity index (χ4v) is 2.68. The summed E-state index contributed by atoms with van der Waals surface area (Å²) < 4.78 is 4.69. The summed E-state index contributed by atoms with van der Waals surface area (Å²) in [5, 5.41) is 6.53. The first kappa shape index (κ1) is 19.4. The van der Waals surface area contributed by atoms with Crippen LogP contribution in [0.4, 0.5) is 17.2 Å². The number of pyridine rings is 1. The van der Waals surface area contributed by atoms with E-state index in [1.54, 1.807) is 42.5 Å². The van der Waals surface area contributed by atoms with Crippen LogP contribution in [0.1, 0.15) is 26.3 Å². The molecule has 1 heterocycles. The smallest absolute Gasteiger partial charge is 0.337 e. The molecule has 2 N–H and O–H groups in total. The zero-order chi connectivity index (χ0) is 20.1. The Hall–Kier alpha value is -3.38. The lowest BCUT2D eigenvalue weighted by Gasteiger charge is -2.10. The molecule has 1 aromatic heterocycles. The lowest BCUT2D eigenvalue weighted by atomic mass is 10.2. The Bertz CT molecular complexity index is 1040. The molecule has 0 fully saturated rings. The number of carbonyl (C=O) groups is 2. The van der Waals surface area contributed by atoms with E-state index in [1.165, 1.54) is 13.3 Å². The number of methoxy groups -OCH3 is 1. The molecule has 2 aromatic carbocycles. The van der Waals surface area contributed by atoms with Gasteiger partial charge in [-0.15, -0.1) is 0 Å². The first-order chi connectivity index (χ1) is 13.5. The highest BCUT2D eigenvalue weighted by Crippen LogP contribution is 2.23. The minimum absolute atomic E-state index is 0.325. The predicted molar refractivity (Wildman–Crippen MR) is 109 cm³/mol. The summed E-state index contributed by atoms with van der Waals surface area (Å²) in [7, 11) is 1.31. The molecule has 6 nitrogen and oxygen atoms in total. The van der Waals surface area contributed by atoms with E-state index in [0.717, 1.165) is 11.3 Å². The van der Waals surface area contributed by atoms with Crippen molar-refractivity contribution in [3.63, 3.8) is 0 Å². The van der Waals surface area contributed by atoms with Gasteiger partial charge in [-0.1, -0.05) is 23.7 Å². The Balaban J connectivity index is 1.75. The summed E-state index contributed by atoms with van der Waals surface area (Å²) in [5.74, 6) is -0.284. The molecule has 0 unspecified atom stereocenters. The second kappa shape index (κ2) is 8.54. The summed E-state index contributed by atoms with van der Waals surface area (Å²) >= 11 is 6.14. The van der Waals surface area contributed by atoms with Crippen molar-refractivity contribution in [3.8, 4) is 0 Å². The van der Waals surface area contributed by atoms with E-state index in [-0.39, 0.29) is 5.91 Å². The molecule has 0 aliphatic rings. The maximum atomic E-state index is 12.6. The molecule has 0 aliphatic carbocycles. The third kappa shape index (κ3) is 4.66. The molecule has 0 saturated carbocycles. The lowest BCUT2D eigenvalue weighted by molar-refractivity contribution is 0.0600. The number of hydrogen-bond donors (Lipinski definition) is 2. The van der Waals surface area contributed by atoms with Crippen molar-refractivity contribution in [1.82, 2.24) is 4.98 Å². The minimum Gasteiger partial charge on any atom is -0.465 e. The van der Waals surface area contributed by atoms with E-state index in [0.29, 0.717) is 27.7 Å². The topological polar surface area (TPSA) is 80.3 Å². The molecule has 7 heteroatoms. The molecule has 0 radical (unpaired) electrons. The van der Waals surface area contributed by atoms with Crippen molar-refractivity contribution in [2.45, 2.75) is 6.92 Å². The fourth-order valence-electron chi connectivity index (χ4n) is 2.50. The molecule has 3 aromatic rings. The summed E-state index contributed by atoms with van der Waals surface area (Å²) in [5.41, 5.74) is 3.01. The number of amides is 1. The highest BCUT2D eigenvalue weighted by Gasteiger charge is 2.10. The van der Waals surface area contributed by atoms with Crippen molar-refractivity contribution in [1.29, 1.82) is 0 Å².